The molecule has 3 heterocycles. The number of carbonyl (C=O) groups is 1. The first-order valence-electron chi connectivity index (χ1n) is 8.45. The Labute approximate surface area is 149 Å². The zero-order valence-electron chi connectivity index (χ0n) is 14.0. The second kappa shape index (κ2) is 6.79. The van der Waals surface area contributed by atoms with Crippen LogP contribution in [0.2, 0.25) is 0 Å². The van der Waals surface area contributed by atoms with Crippen molar-refractivity contribution >= 4 is 27.6 Å². The van der Waals surface area contributed by atoms with Gasteiger partial charge in [-0.2, -0.15) is 5.10 Å². The molecule has 0 aliphatic carbocycles. The van der Waals surface area contributed by atoms with Crippen molar-refractivity contribution in [2.75, 3.05) is 13.1 Å². The van der Waals surface area contributed by atoms with E-state index >= 15 is 0 Å². The summed E-state index contributed by atoms with van der Waals surface area (Å²) in [5.41, 5.74) is 1.05. The van der Waals surface area contributed by atoms with Crippen molar-refractivity contribution in [1.29, 1.82) is 0 Å². The van der Waals surface area contributed by atoms with Crippen LogP contribution in [0.15, 0.2) is 24.3 Å². The second-order valence-corrected chi connectivity index (χ2v) is 7.36. The maximum atomic E-state index is 12.5. The third-order valence-corrected chi connectivity index (χ3v) is 5.61. The molecular formula is C17H20N6OS. The molecule has 3 aromatic rings. The number of carbonyl (C=O) groups excluding carboxylic acids is 1. The first-order valence-corrected chi connectivity index (χ1v) is 9.27. The minimum Gasteiger partial charge on any atom is -0.331 e. The lowest BCUT2D eigenvalue weighted by Crippen LogP contribution is -2.44. The van der Waals surface area contributed by atoms with Crippen molar-refractivity contribution in [3.8, 4) is 0 Å². The molecule has 25 heavy (non-hydrogen) atoms. The predicted molar refractivity (Wildman–Crippen MR) is 96.5 cm³/mol. The fourth-order valence-corrected chi connectivity index (χ4v) is 4.26. The van der Waals surface area contributed by atoms with Gasteiger partial charge in [-0.1, -0.05) is 12.1 Å². The number of nitrogens with one attached hydrogen (secondary N) is 2. The molecule has 2 amide bonds. The van der Waals surface area contributed by atoms with Gasteiger partial charge in [-0.15, -0.1) is 11.3 Å². The van der Waals surface area contributed by atoms with E-state index in [-0.39, 0.29) is 6.03 Å². The van der Waals surface area contributed by atoms with Crippen molar-refractivity contribution < 1.29 is 4.79 Å². The maximum Gasteiger partial charge on any atom is 0.317 e. The van der Waals surface area contributed by atoms with E-state index in [1.807, 2.05) is 30.0 Å². The van der Waals surface area contributed by atoms with Crippen LogP contribution in [0.3, 0.4) is 0 Å². The molecule has 0 bridgehead atoms. The highest BCUT2D eigenvalue weighted by Crippen LogP contribution is 2.32. The highest BCUT2D eigenvalue weighted by Gasteiger charge is 2.27. The van der Waals surface area contributed by atoms with Crippen LogP contribution in [0, 0.1) is 6.92 Å². The molecule has 1 atom stereocenters. The number of amides is 2. The summed E-state index contributed by atoms with van der Waals surface area (Å²) in [6.45, 7) is 3.66. The number of aromatic amines is 1. The van der Waals surface area contributed by atoms with Crippen LogP contribution in [0.5, 0.6) is 0 Å². The van der Waals surface area contributed by atoms with Crippen LogP contribution in [0.25, 0.3) is 10.2 Å². The van der Waals surface area contributed by atoms with Crippen LogP contribution in [-0.4, -0.2) is 44.2 Å². The predicted octanol–water partition coefficient (Wildman–Crippen LogP) is 2.81. The maximum absolute atomic E-state index is 12.5. The summed E-state index contributed by atoms with van der Waals surface area (Å²) in [5.74, 6) is 1.66. The van der Waals surface area contributed by atoms with Gasteiger partial charge in [0.05, 0.1) is 21.8 Å². The number of hydrogen-bond donors (Lipinski definition) is 2. The molecule has 0 radical (unpaired) electrons. The number of rotatable bonds is 3. The summed E-state index contributed by atoms with van der Waals surface area (Å²) in [7, 11) is 0. The van der Waals surface area contributed by atoms with Crippen molar-refractivity contribution in [1.82, 2.24) is 30.4 Å². The summed E-state index contributed by atoms with van der Waals surface area (Å²) < 4.78 is 1.21. The summed E-state index contributed by atoms with van der Waals surface area (Å²) in [6, 6.07) is 8.13. The Bertz CT molecular complexity index is 855. The minimum absolute atomic E-state index is 0.0618. The Hall–Kier alpha value is -2.48. The van der Waals surface area contributed by atoms with Crippen LogP contribution in [-0.2, 0) is 6.54 Å². The van der Waals surface area contributed by atoms with Gasteiger partial charge >= 0.3 is 6.03 Å². The third kappa shape index (κ3) is 3.48. The van der Waals surface area contributed by atoms with Gasteiger partial charge in [0.1, 0.15) is 5.82 Å². The summed E-state index contributed by atoms with van der Waals surface area (Å²) in [6.07, 6.45) is 2.07. The van der Waals surface area contributed by atoms with Gasteiger partial charge in [0, 0.05) is 19.0 Å². The van der Waals surface area contributed by atoms with Gasteiger partial charge in [-0.05, 0) is 31.9 Å². The number of aromatic nitrogens is 4. The molecule has 1 fully saturated rings. The zero-order chi connectivity index (χ0) is 17.2. The van der Waals surface area contributed by atoms with Gasteiger partial charge in [-0.25, -0.2) is 14.8 Å². The number of piperidine rings is 1. The van der Waals surface area contributed by atoms with E-state index in [9.17, 15) is 4.79 Å². The lowest BCUT2D eigenvalue weighted by Gasteiger charge is -2.31. The molecule has 8 heteroatoms. The van der Waals surface area contributed by atoms with Crippen molar-refractivity contribution in [3.05, 3.63) is 40.9 Å². The lowest BCUT2D eigenvalue weighted by molar-refractivity contribution is 0.179. The highest BCUT2D eigenvalue weighted by molar-refractivity contribution is 7.18. The van der Waals surface area contributed by atoms with E-state index in [0.717, 1.165) is 35.7 Å². The summed E-state index contributed by atoms with van der Waals surface area (Å²) >= 11 is 1.74. The third-order valence-electron chi connectivity index (χ3n) is 4.41. The van der Waals surface area contributed by atoms with Crippen LogP contribution < -0.4 is 5.32 Å². The molecule has 0 unspecified atom stereocenters. The minimum atomic E-state index is -0.0618. The molecule has 7 nitrogen and oxygen atoms in total. The smallest absolute Gasteiger partial charge is 0.317 e. The lowest BCUT2D eigenvalue weighted by atomic mass is 9.99. The highest BCUT2D eigenvalue weighted by atomic mass is 32.1. The largest absolute Gasteiger partial charge is 0.331 e. The number of para-hydroxylation sites is 1. The van der Waals surface area contributed by atoms with Crippen molar-refractivity contribution in [3.63, 3.8) is 0 Å². The van der Waals surface area contributed by atoms with E-state index in [1.54, 1.807) is 11.3 Å². The number of thiazole rings is 1. The normalized spacial score (nSPS) is 17.8. The van der Waals surface area contributed by atoms with E-state index < -0.39 is 0 Å². The first kappa shape index (κ1) is 16.0. The van der Waals surface area contributed by atoms with Gasteiger partial charge in [0.2, 0.25) is 0 Å². The topological polar surface area (TPSA) is 86.8 Å². The molecule has 4 rings (SSSR count). The molecule has 1 saturated heterocycles. The van der Waals surface area contributed by atoms with Crippen LogP contribution in [0.4, 0.5) is 4.79 Å². The molecule has 0 spiro atoms. The fourth-order valence-electron chi connectivity index (χ4n) is 3.16. The number of aryl methyl sites for hydroxylation is 1. The van der Waals surface area contributed by atoms with Crippen molar-refractivity contribution in [2.45, 2.75) is 32.2 Å². The fraction of sp³-hybridized carbons (Fsp3) is 0.412. The first-order chi connectivity index (χ1) is 12.2. The number of likely N-dealkylation sites (tertiary alicyclic amines) is 1. The van der Waals surface area contributed by atoms with Gasteiger partial charge in [0.25, 0.3) is 0 Å². The van der Waals surface area contributed by atoms with Crippen LogP contribution >= 0.6 is 11.3 Å². The van der Waals surface area contributed by atoms with E-state index in [1.165, 1.54) is 4.70 Å². The Balaban J connectivity index is 1.40. The number of fused-ring (bicyclic) bond motifs is 1. The number of nitrogens with zero attached hydrogens (tertiary/aromatic N) is 4. The van der Waals surface area contributed by atoms with Crippen LogP contribution in [0.1, 0.15) is 35.4 Å². The Kier molecular flexibility index (Phi) is 4.35. The Morgan fingerprint density at radius 1 is 1.40 bits per heavy atom. The Morgan fingerprint density at radius 2 is 2.28 bits per heavy atom. The molecule has 2 aromatic heterocycles. The average Bonchev–Trinajstić information content (AvgIpc) is 3.25. The number of benzene rings is 1. The van der Waals surface area contributed by atoms with Gasteiger partial charge in [0.15, 0.2) is 5.82 Å². The SMILES string of the molecule is Cc1nc(CNC(=O)N2CCC[C@H](c3nc4ccccc4s3)C2)n[nH]1. The second-order valence-electron chi connectivity index (χ2n) is 6.30. The van der Waals surface area contributed by atoms with Gasteiger partial charge < -0.3 is 10.2 Å². The quantitative estimate of drug-likeness (QED) is 0.755. The number of hydrogen-bond acceptors (Lipinski definition) is 5. The molecular weight excluding hydrogens is 336 g/mol. The number of urea groups is 1. The summed E-state index contributed by atoms with van der Waals surface area (Å²) in [5, 5.41) is 10.9. The average molecular weight is 356 g/mol. The monoisotopic (exact) mass is 356 g/mol. The van der Waals surface area contributed by atoms with E-state index in [2.05, 4.69) is 26.6 Å². The van der Waals surface area contributed by atoms with E-state index in [0.29, 0.717) is 24.8 Å². The molecule has 0 saturated carbocycles. The standard InChI is InChI=1S/C17H20N6OS/c1-11-19-15(22-21-11)9-18-17(24)23-8-4-5-12(10-23)16-20-13-6-2-3-7-14(13)25-16/h2-3,6-7,12H,4-5,8-10H2,1H3,(H,18,24)(H,19,21,22)/t12-/m0/s1. The molecule has 1 aliphatic heterocycles. The zero-order valence-corrected chi connectivity index (χ0v) is 14.8. The Morgan fingerprint density at radius 3 is 3.08 bits per heavy atom. The van der Waals surface area contributed by atoms with Gasteiger partial charge in [-0.3, -0.25) is 5.10 Å². The number of H-pyrrole nitrogens is 1. The molecule has 2 N–H and O–H groups in total. The van der Waals surface area contributed by atoms with E-state index in [4.69, 9.17) is 4.98 Å². The summed E-state index contributed by atoms with van der Waals surface area (Å²) in [4.78, 5) is 23.3. The molecule has 1 aromatic carbocycles. The molecule has 1 aliphatic rings. The molecule has 130 valence electrons. The van der Waals surface area contributed by atoms with Crippen molar-refractivity contribution in [2.24, 2.45) is 0 Å².